The van der Waals surface area contributed by atoms with E-state index in [-0.39, 0.29) is 5.82 Å². The molecule has 0 aromatic carbocycles. The van der Waals surface area contributed by atoms with E-state index >= 15 is 0 Å². The number of rotatable bonds is 1. The highest BCUT2D eigenvalue weighted by Gasteiger charge is 1.98. The van der Waals surface area contributed by atoms with Crippen LogP contribution in [0.2, 0.25) is 0 Å². The Kier molecular flexibility index (Phi) is 1.81. The third-order valence-electron chi connectivity index (χ3n) is 1.67. The molecule has 2 heterocycles. The van der Waals surface area contributed by atoms with Crippen LogP contribution in [-0.2, 0) is 0 Å². The predicted octanol–water partition coefficient (Wildman–Crippen LogP) is 1.71. The zero-order chi connectivity index (χ0) is 9.26. The SMILES string of the molecule is Cc1ccn(-c2ccc(F)cn2)n1. The molecule has 0 saturated heterocycles. The summed E-state index contributed by atoms with van der Waals surface area (Å²) in [6, 6.07) is 4.81. The van der Waals surface area contributed by atoms with Gasteiger partial charge in [0, 0.05) is 6.20 Å². The van der Waals surface area contributed by atoms with Gasteiger partial charge in [0.05, 0.1) is 11.9 Å². The highest BCUT2D eigenvalue weighted by Crippen LogP contribution is 2.04. The van der Waals surface area contributed by atoms with E-state index in [2.05, 4.69) is 10.1 Å². The Balaban J connectivity index is 2.41. The first kappa shape index (κ1) is 7.91. The number of nitrogens with zero attached hydrogens (tertiary/aromatic N) is 3. The fourth-order valence-electron chi connectivity index (χ4n) is 1.05. The van der Waals surface area contributed by atoms with Crippen LogP contribution in [-0.4, -0.2) is 14.8 Å². The summed E-state index contributed by atoms with van der Waals surface area (Å²) in [4.78, 5) is 3.89. The molecule has 0 amide bonds. The number of halogens is 1. The molecule has 0 N–H and O–H groups in total. The molecule has 0 unspecified atom stereocenters. The van der Waals surface area contributed by atoms with Crippen LogP contribution in [0.5, 0.6) is 0 Å². The molecule has 2 aromatic rings. The lowest BCUT2D eigenvalue weighted by atomic mass is 10.4. The number of aromatic nitrogens is 3. The largest absolute Gasteiger partial charge is 0.234 e. The standard InChI is InChI=1S/C9H8FN3/c1-7-4-5-13(12-7)9-3-2-8(10)6-11-9/h2-6H,1H3. The third-order valence-corrected chi connectivity index (χ3v) is 1.67. The molecule has 0 radical (unpaired) electrons. The molecule has 3 nitrogen and oxygen atoms in total. The predicted molar refractivity (Wildman–Crippen MR) is 46.1 cm³/mol. The van der Waals surface area contributed by atoms with Gasteiger partial charge in [-0.05, 0) is 25.1 Å². The van der Waals surface area contributed by atoms with Crippen LogP contribution >= 0.6 is 0 Å². The summed E-state index contributed by atoms with van der Waals surface area (Å²) in [5, 5.41) is 4.14. The zero-order valence-electron chi connectivity index (χ0n) is 7.11. The van der Waals surface area contributed by atoms with E-state index in [4.69, 9.17) is 0 Å². The van der Waals surface area contributed by atoms with Gasteiger partial charge in [-0.1, -0.05) is 0 Å². The molecule has 0 aliphatic carbocycles. The van der Waals surface area contributed by atoms with Crippen molar-refractivity contribution in [2.75, 3.05) is 0 Å². The van der Waals surface area contributed by atoms with Crippen molar-refractivity contribution in [3.8, 4) is 5.82 Å². The second-order valence-corrected chi connectivity index (χ2v) is 2.74. The van der Waals surface area contributed by atoms with Gasteiger partial charge in [-0.2, -0.15) is 5.10 Å². The molecule has 4 heteroatoms. The van der Waals surface area contributed by atoms with Crippen LogP contribution in [0.3, 0.4) is 0 Å². The van der Waals surface area contributed by atoms with Crippen molar-refractivity contribution < 1.29 is 4.39 Å². The van der Waals surface area contributed by atoms with E-state index in [1.165, 1.54) is 12.3 Å². The highest BCUT2D eigenvalue weighted by atomic mass is 19.1. The molecule has 66 valence electrons. The molecule has 2 aromatic heterocycles. The van der Waals surface area contributed by atoms with Crippen molar-refractivity contribution >= 4 is 0 Å². The maximum absolute atomic E-state index is 12.5. The van der Waals surface area contributed by atoms with Crippen LogP contribution in [0.15, 0.2) is 30.6 Å². The minimum atomic E-state index is -0.340. The topological polar surface area (TPSA) is 30.7 Å². The summed E-state index contributed by atoms with van der Waals surface area (Å²) in [7, 11) is 0. The van der Waals surface area contributed by atoms with E-state index in [0.717, 1.165) is 5.69 Å². The summed E-state index contributed by atoms with van der Waals surface area (Å²) in [5.41, 5.74) is 0.908. The molecule has 0 aliphatic rings. The molecule has 2 rings (SSSR count). The van der Waals surface area contributed by atoms with Crippen LogP contribution in [0, 0.1) is 12.7 Å². The summed E-state index contributed by atoms with van der Waals surface area (Å²) in [6.45, 7) is 1.89. The maximum Gasteiger partial charge on any atom is 0.153 e. The maximum atomic E-state index is 12.5. The first-order valence-electron chi connectivity index (χ1n) is 3.90. The molecule has 13 heavy (non-hydrogen) atoms. The normalized spacial score (nSPS) is 10.3. The Morgan fingerprint density at radius 3 is 2.69 bits per heavy atom. The van der Waals surface area contributed by atoms with E-state index in [1.54, 1.807) is 16.9 Å². The summed E-state index contributed by atoms with van der Waals surface area (Å²) in [6.07, 6.45) is 2.96. The van der Waals surface area contributed by atoms with Gasteiger partial charge >= 0.3 is 0 Å². The van der Waals surface area contributed by atoms with E-state index in [1.807, 2.05) is 13.0 Å². The van der Waals surface area contributed by atoms with Crippen molar-refractivity contribution in [1.82, 2.24) is 14.8 Å². The van der Waals surface area contributed by atoms with Gasteiger partial charge in [0.1, 0.15) is 5.82 Å². The van der Waals surface area contributed by atoms with Gasteiger partial charge in [0.25, 0.3) is 0 Å². The first-order chi connectivity index (χ1) is 6.25. The lowest BCUT2D eigenvalue weighted by Crippen LogP contribution is -1.97. The fraction of sp³-hybridized carbons (Fsp3) is 0.111. The molecule has 0 bridgehead atoms. The molecule has 0 atom stereocenters. The number of aryl methyl sites for hydroxylation is 1. The summed E-state index contributed by atoms with van der Waals surface area (Å²) in [5.74, 6) is 0.280. The van der Waals surface area contributed by atoms with E-state index in [0.29, 0.717) is 5.82 Å². The Morgan fingerprint density at radius 2 is 2.15 bits per heavy atom. The minimum Gasteiger partial charge on any atom is -0.234 e. The molecular weight excluding hydrogens is 169 g/mol. The summed E-state index contributed by atoms with van der Waals surface area (Å²) >= 11 is 0. The minimum absolute atomic E-state index is 0.340. The van der Waals surface area contributed by atoms with Crippen molar-refractivity contribution in [2.45, 2.75) is 6.92 Å². The van der Waals surface area contributed by atoms with Crippen LogP contribution in [0.4, 0.5) is 4.39 Å². The van der Waals surface area contributed by atoms with Gasteiger partial charge in [-0.25, -0.2) is 14.1 Å². The third kappa shape index (κ3) is 1.56. The lowest BCUT2D eigenvalue weighted by Gasteiger charge is -1.98. The second kappa shape index (κ2) is 2.97. The Hall–Kier alpha value is -1.71. The number of pyridine rings is 1. The Morgan fingerprint density at radius 1 is 1.31 bits per heavy atom. The van der Waals surface area contributed by atoms with Gasteiger partial charge in [0.15, 0.2) is 5.82 Å². The molecule has 0 aliphatic heterocycles. The van der Waals surface area contributed by atoms with Gasteiger partial charge in [-0.15, -0.1) is 0 Å². The van der Waals surface area contributed by atoms with Crippen LogP contribution in [0.25, 0.3) is 5.82 Å². The Bertz CT molecular complexity index is 405. The van der Waals surface area contributed by atoms with E-state index < -0.39 is 0 Å². The van der Waals surface area contributed by atoms with Crippen molar-refractivity contribution in [2.24, 2.45) is 0 Å². The second-order valence-electron chi connectivity index (χ2n) is 2.74. The zero-order valence-corrected chi connectivity index (χ0v) is 7.11. The monoisotopic (exact) mass is 177 g/mol. The fourth-order valence-corrected chi connectivity index (χ4v) is 1.05. The Labute approximate surface area is 74.8 Å². The summed E-state index contributed by atoms with van der Waals surface area (Å²) < 4.78 is 14.1. The van der Waals surface area contributed by atoms with Crippen molar-refractivity contribution in [3.05, 3.63) is 42.1 Å². The number of hydrogen-bond donors (Lipinski definition) is 0. The van der Waals surface area contributed by atoms with Gasteiger partial charge in [-0.3, -0.25) is 0 Å². The van der Waals surface area contributed by atoms with Gasteiger partial charge in [0.2, 0.25) is 0 Å². The lowest BCUT2D eigenvalue weighted by molar-refractivity contribution is 0.619. The molecule has 0 fully saturated rings. The van der Waals surface area contributed by atoms with E-state index in [9.17, 15) is 4.39 Å². The molecule has 0 saturated carbocycles. The smallest absolute Gasteiger partial charge is 0.153 e. The van der Waals surface area contributed by atoms with Crippen LogP contribution in [0.1, 0.15) is 5.69 Å². The average molecular weight is 177 g/mol. The van der Waals surface area contributed by atoms with Crippen molar-refractivity contribution in [3.63, 3.8) is 0 Å². The van der Waals surface area contributed by atoms with Gasteiger partial charge < -0.3 is 0 Å². The molecule has 0 spiro atoms. The highest BCUT2D eigenvalue weighted by molar-refractivity contribution is 5.21. The quantitative estimate of drug-likeness (QED) is 0.664. The molecular formula is C9H8FN3. The van der Waals surface area contributed by atoms with Crippen LogP contribution < -0.4 is 0 Å². The first-order valence-corrected chi connectivity index (χ1v) is 3.90. The van der Waals surface area contributed by atoms with Crippen molar-refractivity contribution in [1.29, 1.82) is 0 Å². The average Bonchev–Trinajstić information content (AvgIpc) is 2.53. The number of hydrogen-bond acceptors (Lipinski definition) is 2.